The summed E-state index contributed by atoms with van der Waals surface area (Å²) in [5.74, 6) is -0.703. The lowest BCUT2D eigenvalue weighted by atomic mass is 10.0. The molecule has 1 aliphatic heterocycles. The Morgan fingerprint density at radius 3 is 2.81 bits per heavy atom. The molecule has 2 heterocycles. The van der Waals surface area contributed by atoms with Gasteiger partial charge in [0.05, 0.1) is 18.2 Å². The van der Waals surface area contributed by atoms with E-state index in [9.17, 15) is 13.2 Å². The van der Waals surface area contributed by atoms with Gasteiger partial charge in [0.1, 0.15) is 4.90 Å². The lowest BCUT2D eigenvalue weighted by Crippen LogP contribution is -2.42. The molecule has 2 rings (SSSR count). The Morgan fingerprint density at radius 2 is 2.24 bits per heavy atom. The number of piperidine rings is 1. The summed E-state index contributed by atoms with van der Waals surface area (Å²) in [5, 5.41) is 4.07. The Labute approximate surface area is 124 Å². The van der Waals surface area contributed by atoms with Crippen molar-refractivity contribution in [3.63, 3.8) is 0 Å². The van der Waals surface area contributed by atoms with E-state index in [0.29, 0.717) is 31.7 Å². The van der Waals surface area contributed by atoms with E-state index in [2.05, 4.69) is 5.10 Å². The van der Waals surface area contributed by atoms with Crippen LogP contribution in [0.4, 0.5) is 0 Å². The average molecular weight is 315 g/mol. The quantitative estimate of drug-likeness (QED) is 0.764. The minimum atomic E-state index is -3.61. The number of aryl methyl sites for hydroxylation is 2. The topological polar surface area (TPSA) is 81.5 Å². The van der Waals surface area contributed by atoms with E-state index in [0.717, 1.165) is 0 Å². The number of ether oxygens (including phenoxy) is 1. The van der Waals surface area contributed by atoms with Crippen molar-refractivity contribution in [3.8, 4) is 0 Å². The molecule has 0 aromatic carbocycles. The Morgan fingerprint density at radius 1 is 1.52 bits per heavy atom. The largest absolute Gasteiger partial charge is 0.466 e. The molecule has 0 saturated carbocycles. The third kappa shape index (κ3) is 3.26. The third-order valence-corrected chi connectivity index (χ3v) is 5.56. The first-order valence-electron chi connectivity index (χ1n) is 7.03. The van der Waals surface area contributed by atoms with Crippen LogP contribution in [0.15, 0.2) is 11.1 Å². The molecular weight excluding hydrogens is 294 g/mol. The van der Waals surface area contributed by atoms with E-state index in [1.807, 2.05) is 0 Å². The molecule has 1 saturated heterocycles. The normalized spacial score (nSPS) is 20.4. The van der Waals surface area contributed by atoms with E-state index in [4.69, 9.17) is 4.74 Å². The van der Waals surface area contributed by atoms with Gasteiger partial charge in [0.15, 0.2) is 0 Å². The molecule has 118 valence electrons. The van der Waals surface area contributed by atoms with Crippen LogP contribution in [0, 0.1) is 12.8 Å². The zero-order valence-corrected chi connectivity index (χ0v) is 13.4. The molecule has 0 amide bonds. The molecule has 7 nitrogen and oxygen atoms in total. The fourth-order valence-electron chi connectivity index (χ4n) is 2.58. The first kappa shape index (κ1) is 16.0. The van der Waals surface area contributed by atoms with Gasteiger partial charge in [-0.2, -0.15) is 9.40 Å². The highest BCUT2D eigenvalue weighted by Gasteiger charge is 2.35. The number of esters is 1. The van der Waals surface area contributed by atoms with Crippen LogP contribution in [0.5, 0.6) is 0 Å². The van der Waals surface area contributed by atoms with Crippen molar-refractivity contribution in [2.24, 2.45) is 13.0 Å². The predicted molar refractivity (Wildman–Crippen MR) is 76.1 cm³/mol. The van der Waals surface area contributed by atoms with E-state index in [1.54, 1.807) is 20.9 Å². The maximum absolute atomic E-state index is 12.7. The van der Waals surface area contributed by atoms with Crippen LogP contribution in [0.2, 0.25) is 0 Å². The summed E-state index contributed by atoms with van der Waals surface area (Å²) in [5.41, 5.74) is 0.468. The second kappa shape index (κ2) is 6.15. The smallest absolute Gasteiger partial charge is 0.310 e. The summed E-state index contributed by atoms with van der Waals surface area (Å²) in [6.07, 6.45) is 2.82. The second-order valence-electron chi connectivity index (χ2n) is 5.21. The van der Waals surface area contributed by atoms with Crippen molar-refractivity contribution in [2.75, 3.05) is 19.7 Å². The molecule has 8 heteroatoms. The first-order chi connectivity index (χ1) is 9.86. The van der Waals surface area contributed by atoms with Gasteiger partial charge in [0.2, 0.25) is 10.0 Å². The molecule has 0 N–H and O–H groups in total. The van der Waals surface area contributed by atoms with Gasteiger partial charge in [-0.1, -0.05) is 0 Å². The molecule has 1 aromatic rings. The minimum absolute atomic E-state index is 0.176. The number of hydrogen-bond acceptors (Lipinski definition) is 5. The molecule has 21 heavy (non-hydrogen) atoms. The number of carbonyl (C=O) groups excluding carboxylic acids is 1. The van der Waals surface area contributed by atoms with Gasteiger partial charge in [-0.05, 0) is 26.7 Å². The monoisotopic (exact) mass is 315 g/mol. The maximum Gasteiger partial charge on any atom is 0.310 e. The fraction of sp³-hybridized carbons (Fsp3) is 0.692. The number of rotatable bonds is 4. The van der Waals surface area contributed by atoms with Gasteiger partial charge in [0, 0.05) is 26.3 Å². The van der Waals surface area contributed by atoms with Crippen molar-refractivity contribution in [3.05, 3.63) is 11.9 Å². The van der Waals surface area contributed by atoms with Gasteiger partial charge in [-0.3, -0.25) is 9.48 Å². The van der Waals surface area contributed by atoms with Crippen molar-refractivity contribution < 1.29 is 17.9 Å². The zero-order chi connectivity index (χ0) is 15.6. The standard InChI is InChI=1S/C13H21N3O4S/c1-4-20-13(17)11-6-5-7-16(8-11)21(18,19)12-9-15(3)14-10(12)2/h9,11H,4-8H2,1-3H3/t11-/m1/s1. The third-order valence-electron chi connectivity index (χ3n) is 3.59. The number of sulfonamides is 1. The number of nitrogens with zero attached hydrogens (tertiary/aromatic N) is 3. The van der Waals surface area contributed by atoms with Gasteiger partial charge >= 0.3 is 5.97 Å². The molecule has 0 bridgehead atoms. The van der Waals surface area contributed by atoms with Crippen LogP contribution < -0.4 is 0 Å². The van der Waals surface area contributed by atoms with Crippen LogP contribution in [-0.4, -0.2) is 48.2 Å². The van der Waals surface area contributed by atoms with E-state index >= 15 is 0 Å². The second-order valence-corrected chi connectivity index (χ2v) is 7.11. The van der Waals surface area contributed by atoms with Crippen LogP contribution in [0.3, 0.4) is 0 Å². The molecule has 1 atom stereocenters. The average Bonchev–Trinajstić information content (AvgIpc) is 2.79. The first-order valence-corrected chi connectivity index (χ1v) is 8.47. The highest BCUT2D eigenvalue weighted by atomic mass is 32.2. The van der Waals surface area contributed by atoms with Crippen molar-refractivity contribution in [1.82, 2.24) is 14.1 Å². The van der Waals surface area contributed by atoms with Gasteiger partial charge in [-0.25, -0.2) is 8.42 Å². The molecule has 0 aliphatic carbocycles. The SMILES string of the molecule is CCOC(=O)[C@@H]1CCCN(S(=O)(=O)c2cn(C)nc2C)C1. The Hall–Kier alpha value is -1.41. The van der Waals surface area contributed by atoms with Gasteiger partial charge in [0.25, 0.3) is 0 Å². The van der Waals surface area contributed by atoms with Gasteiger partial charge < -0.3 is 4.74 Å². The molecule has 0 spiro atoms. The highest BCUT2D eigenvalue weighted by Crippen LogP contribution is 2.25. The minimum Gasteiger partial charge on any atom is -0.466 e. The molecule has 1 fully saturated rings. The lowest BCUT2D eigenvalue weighted by molar-refractivity contribution is -0.149. The molecular formula is C13H21N3O4S. The number of hydrogen-bond donors (Lipinski definition) is 0. The summed E-state index contributed by atoms with van der Waals surface area (Å²) in [4.78, 5) is 12.0. The van der Waals surface area contributed by atoms with Crippen LogP contribution >= 0.6 is 0 Å². The molecule has 0 unspecified atom stereocenters. The number of carbonyl (C=O) groups is 1. The van der Waals surface area contributed by atoms with Crippen molar-refractivity contribution in [1.29, 1.82) is 0 Å². The zero-order valence-electron chi connectivity index (χ0n) is 12.6. The van der Waals surface area contributed by atoms with Crippen LogP contribution in [0.25, 0.3) is 0 Å². The van der Waals surface area contributed by atoms with Crippen molar-refractivity contribution in [2.45, 2.75) is 31.6 Å². The summed E-state index contributed by atoms with van der Waals surface area (Å²) >= 11 is 0. The fourth-order valence-corrected chi connectivity index (χ4v) is 4.31. The Balaban J connectivity index is 2.20. The Bertz CT molecular complexity index is 623. The number of aromatic nitrogens is 2. The summed E-state index contributed by atoms with van der Waals surface area (Å²) in [6.45, 7) is 4.32. The highest BCUT2D eigenvalue weighted by molar-refractivity contribution is 7.89. The van der Waals surface area contributed by atoms with E-state index in [-0.39, 0.29) is 23.3 Å². The summed E-state index contributed by atoms with van der Waals surface area (Å²) in [6, 6.07) is 0. The van der Waals surface area contributed by atoms with Crippen LogP contribution in [0.1, 0.15) is 25.5 Å². The molecule has 0 radical (unpaired) electrons. The summed E-state index contributed by atoms with van der Waals surface area (Å²) in [7, 11) is -1.93. The Kier molecular flexibility index (Phi) is 4.67. The van der Waals surface area contributed by atoms with Crippen LogP contribution in [-0.2, 0) is 26.6 Å². The van der Waals surface area contributed by atoms with Crippen molar-refractivity contribution >= 4 is 16.0 Å². The summed E-state index contributed by atoms with van der Waals surface area (Å²) < 4.78 is 33.2. The van der Waals surface area contributed by atoms with E-state index in [1.165, 1.54) is 15.2 Å². The lowest BCUT2D eigenvalue weighted by Gasteiger charge is -2.30. The van der Waals surface area contributed by atoms with Gasteiger partial charge in [-0.15, -0.1) is 0 Å². The predicted octanol–water partition coefficient (Wildman–Crippen LogP) is 0.692. The maximum atomic E-state index is 12.7. The molecule has 1 aromatic heterocycles. The molecule has 1 aliphatic rings. The van der Waals surface area contributed by atoms with E-state index < -0.39 is 10.0 Å².